The van der Waals surface area contributed by atoms with Gasteiger partial charge in [-0.15, -0.1) is 0 Å². The maximum Gasteiger partial charge on any atom is 0.275 e. The minimum Gasteiger partial charge on any atom is -0.292 e. The fourth-order valence-electron chi connectivity index (χ4n) is 3.46. The largest absolute Gasteiger partial charge is 0.292 e. The van der Waals surface area contributed by atoms with E-state index in [1.54, 1.807) is 65.5 Å². The molecule has 0 aliphatic rings. The summed E-state index contributed by atoms with van der Waals surface area (Å²) < 4.78 is 14.9. The molecule has 6 nitrogen and oxygen atoms in total. The number of benzene rings is 3. The molecule has 1 aromatic heterocycles. The first-order chi connectivity index (χ1) is 15.5. The summed E-state index contributed by atoms with van der Waals surface area (Å²) in [6, 6.07) is 17.9. The fraction of sp³-hybridized carbons (Fsp3) is 0.160. The van der Waals surface area contributed by atoms with Crippen LogP contribution in [0.2, 0.25) is 0 Å². The fourth-order valence-corrected chi connectivity index (χ4v) is 3.46. The molecule has 0 unspecified atom stereocenters. The van der Waals surface area contributed by atoms with E-state index in [1.807, 2.05) is 19.9 Å². The van der Waals surface area contributed by atoms with Gasteiger partial charge in [0.15, 0.2) is 0 Å². The highest BCUT2D eigenvalue weighted by Crippen LogP contribution is 2.26. The van der Waals surface area contributed by atoms with Gasteiger partial charge in [-0.1, -0.05) is 44.2 Å². The van der Waals surface area contributed by atoms with Crippen molar-refractivity contribution in [3.05, 3.63) is 99.9 Å². The van der Waals surface area contributed by atoms with Crippen molar-refractivity contribution in [2.45, 2.75) is 27.3 Å². The SMILES string of the molecule is CC.Cc1nc2ccccc2c(=O)n1Cc1ccc(C(=O)NO)c(-c2ccc(F)cc2)c1. The van der Waals surface area contributed by atoms with Crippen LogP contribution in [0.3, 0.4) is 0 Å². The molecule has 1 heterocycles. The number of aryl methyl sites for hydroxylation is 1. The molecule has 3 aromatic carbocycles. The number of para-hydroxylation sites is 1. The minimum atomic E-state index is -0.679. The van der Waals surface area contributed by atoms with Crippen molar-refractivity contribution in [1.29, 1.82) is 0 Å². The summed E-state index contributed by atoms with van der Waals surface area (Å²) in [6.07, 6.45) is 0. The predicted octanol–water partition coefficient (Wildman–Crippen LogP) is 4.70. The third kappa shape index (κ3) is 4.58. The molecule has 0 fully saturated rings. The van der Waals surface area contributed by atoms with E-state index >= 15 is 0 Å². The quantitative estimate of drug-likeness (QED) is 0.361. The summed E-state index contributed by atoms with van der Waals surface area (Å²) in [7, 11) is 0. The highest BCUT2D eigenvalue weighted by atomic mass is 19.1. The van der Waals surface area contributed by atoms with Gasteiger partial charge in [-0.3, -0.25) is 19.4 Å². The number of carbonyl (C=O) groups is 1. The van der Waals surface area contributed by atoms with Crippen molar-refractivity contribution in [2.24, 2.45) is 0 Å². The third-order valence-corrected chi connectivity index (χ3v) is 4.98. The zero-order chi connectivity index (χ0) is 23.3. The molecule has 7 heteroatoms. The molecule has 164 valence electrons. The molecule has 32 heavy (non-hydrogen) atoms. The predicted molar refractivity (Wildman–Crippen MR) is 122 cm³/mol. The number of hydrogen-bond acceptors (Lipinski definition) is 4. The summed E-state index contributed by atoms with van der Waals surface area (Å²) in [5.74, 6) is -0.506. The second-order valence-electron chi connectivity index (χ2n) is 6.90. The van der Waals surface area contributed by atoms with Gasteiger partial charge in [-0.05, 0) is 60.0 Å². The molecule has 0 radical (unpaired) electrons. The standard InChI is InChI=1S/C23H18FN3O3.C2H6/c1-14-25-21-5-3-2-4-19(21)23(29)27(14)13-15-6-11-18(22(28)26-30)20(12-15)16-7-9-17(24)10-8-16;1-2/h2-12,30H,13H2,1H3,(H,26,28);1-2H3. The van der Waals surface area contributed by atoms with Crippen molar-refractivity contribution in [3.8, 4) is 11.1 Å². The van der Waals surface area contributed by atoms with E-state index in [9.17, 15) is 14.0 Å². The molecule has 0 atom stereocenters. The van der Waals surface area contributed by atoms with Gasteiger partial charge in [-0.25, -0.2) is 14.9 Å². The average molecular weight is 433 g/mol. The topological polar surface area (TPSA) is 84.2 Å². The molecule has 0 saturated heterocycles. The highest BCUT2D eigenvalue weighted by molar-refractivity contribution is 6.00. The Balaban J connectivity index is 0.00000141. The second-order valence-corrected chi connectivity index (χ2v) is 6.90. The Labute approximate surface area is 184 Å². The number of hydrogen-bond donors (Lipinski definition) is 2. The molecule has 0 saturated carbocycles. The first kappa shape index (κ1) is 22.8. The van der Waals surface area contributed by atoms with E-state index in [0.717, 1.165) is 5.56 Å². The van der Waals surface area contributed by atoms with Crippen molar-refractivity contribution < 1.29 is 14.4 Å². The van der Waals surface area contributed by atoms with Crippen LogP contribution in [-0.4, -0.2) is 20.7 Å². The summed E-state index contributed by atoms with van der Waals surface area (Å²) in [6.45, 7) is 6.01. The molecule has 1 amide bonds. The van der Waals surface area contributed by atoms with Gasteiger partial charge in [0, 0.05) is 5.56 Å². The van der Waals surface area contributed by atoms with Crippen LogP contribution in [0.5, 0.6) is 0 Å². The normalized spacial score (nSPS) is 10.4. The zero-order valence-electron chi connectivity index (χ0n) is 18.1. The lowest BCUT2D eigenvalue weighted by molar-refractivity contribution is 0.0707. The Morgan fingerprint density at radius 2 is 1.75 bits per heavy atom. The Bertz CT molecular complexity index is 1310. The summed E-state index contributed by atoms with van der Waals surface area (Å²) >= 11 is 0. The number of fused-ring (bicyclic) bond motifs is 1. The van der Waals surface area contributed by atoms with Crippen LogP contribution in [0.15, 0.2) is 71.5 Å². The van der Waals surface area contributed by atoms with Gasteiger partial charge < -0.3 is 0 Å². The van der Waals surface area contributed by atoms with Crippen molar-refractivity contribution in [1.82, 2.24) is 15.0 Å². The minimum absolute atomic E-state index is 0.154. The first-order valence-corrected chi connectivity index (χ1v) is 10.3. The van der Waals surface area contributed by atoms with Crippen LogP contribution in [-0.2, 0) is 6.54 Å². The number of nitrogens with zero attached hydrogens (tertiary/aromatic N) is 2. The number of amides is 1. The van der Waals surface area contributed by atoms with E-state index in [0.29, 0.717) is 27.9 Å². The Kier molecular flexibility index (Phi) is 7.12. The molecule has 2 N–H and O–H groups in total. The van der Waals surface area contributed by atoms with E-state index in [1.165, 1.54) is 12.1 Å². The first-order valence-electron chi connectivity index (χ1n) is 10.3. The molecule has 4 aromatic rings. The molecule has 0 spiro atoms. The van der Waals surface area contributed by atoms with Gasteiger partial charge in [0.25, 0.3) is 11.5 Å². The Hall–Kier alpha value is -3.84. The maximum absolute atomic E-state index is 13.3. The van der Waals surface area contributed by atoms with Crippen molar-refractivity contribution in [2.75, 3.05) is 0 Å². The number of aromatic nitrogens is 2. The molecule has 0 bridgehead atoms. The maximum atomic E-state index is 13.3. The second kappa shape index (κ2) is 9.98. The van der Waals surface area contributed by atoms with Gasteiger partial charge in [0.1, 0.15) is 11.6 Å². The van der Waals surface area contributed by atoms with Crippen molar-refractivity contribution in [3.63, 3.8) is 0 Å². The van der Waals surface area contributed by atoms with Crippen molar-refractivity contribution >= 4 is 16.8 Å². The molecule has 4 rings (SSSR count). The van der Waals surface area contributed by atoms with Crippen LogP contribution in [0.1, 0.15) is 35.6 Å². The molecule has 0 aliphatic heterocycles. The van der Waals surface area contributed by atoms with Gasteiger partial charge in [0.2, 0.25) is 0 Å². The highest BCUT2D eigenvalue weighted by Gasteiger charge is 2.15. The summed E-state index contributed by atoms with van der Waals surface area (Å²) in [5, 5.41) is 9.59. The van der Waals surface area contributed by atoms with Gasteiger partial charge in [-0.2, -0.15) is 0 Å². The van der Waals surface area contributed by atoms with E-state index in [4.69, 9.17) is 5.21 Å². The number of nitrogens with one attached hydrogen (secondary N) is 1. The smallest absolute Gasteiger partial charge is 0.275 e. The lowest BCUT2D eigenvalue weighted by Gasteiger charge is -2.14. The van der Waals surface area contributed by atoms with E-state index in [2.05, 4.69) is 4.98 Å². The molecule has 0 aliphatic carbocycles. The van der Waals surface area contributed by atoms with E-state index < -0.39 is 11.7 Å². The number of halogens is 1. The lowest BCUT2D eigenvalue weighted by atomic mass is 9.96. The monoisotopic (exact) mass is 433 g/mol. The van der Waals surface area contributed by atoms with Gasteiger partial charge in [0.05, 0.1) is 17.4 Å². The molecular weight excluding hydrogens is 409 g/mol. The Morgan fingerprint density at radius 3 is 2.44 bits per heavy atom. The van der Waals surface area contributed by atoms with Crippen LogP contribution in [0, 0.1) is 12.7 Å². The van der Waals surface area contributed by atoms with Crippen LogP contribution < -0.4 is 11.0 Å². The zero-order valence-corrected chi connectivity index (χ0v) is 18.1. The third-order valence-electron chi connectivity index (χ3n) is 4.98. The van der Waals surface area contributed by atoms with Crippen LogP contribution >= 0.6 is 0 Å². The van der Waals surface area contributed by atoms with Crippen LogP contribution in [0.4, 0.5) is 4.39 Å². The number of carbonyl (C=O) groups excluding carboxylic acids is 1. The average Bonchev–Trinajstić information content (AvgIpc) is 2.83. The summed E-state index contributed by atoms with van der Waals surface area (Å²) in [5.41, 5.74) is 4.22. The number of rotatable bonds is 4. The lowest BCUT2D eigenvalue weighted by Crippen LogP contribution is -2.24. The van der Waals surface area contributed by atoms with Crippen LogP contribution in [0.25, 0.3) is 22.0 Å². The van der Waals surface area contributed by atoms with E-state index in [-0.39, 0.29) is 17.7 Å². The summed E-state index contributed by atoms with van der Waals surface area (Å²) in [4.78, 5) is 29.6. The molecular formula is C25H24FN3O3. The Morgan fingerprint density at radius 1 is 1.06 bits per heavy atom. The van der Waals surface area contributed by atoms with Gasteiger partial charge >= 0.3 is 0 Å². The number of hydroxylamine groups is 1.